The van der Waals surface area contributed by atoms with Crippen molar-refractivity contribution < 1.29 is 14.3 Å². The monoisotopic (exact) mass is 434 g/mol. The summed E-state index contributed by atoms with van der Waals surface area (Å²) in [4.78, 5) is 24.5. The number of hydrogen-bond acceptors (Lipinski definition) is 4. The fraction of sp³-hybridized carbons (Fsp3) is 0.320. The van der Waals surface area contributed by atoms with Crippen LogP contribution in [0.1, 0.15) is 31.2 Å². The van der Waals surface area contributed by atoms with E-state index >= 15 is 0 Å². The standard InChI is InChI=1S/C25H30N4O3/c1-19-9-6-12-21(17-19)29-23(18-22(28-29)20-10-4-3-5-11-20)27-25(31)14-7-13-24(30)26-15-8-16-32-2/h3-6,9-12,17-18H,7-8,13-16H2,1-2H3,(H,26,30)(H,27,31). The Morgan fingerprint density at radius 2 is 1.75 bits per heavy atom. The molecule has 2 aromatic carbocycles. The predicted octanol–water partition coefficient (Wildman–Crippen LogP) is 4.11. The highest BCUT2D eigenvalue weighted by Crippen LogP contribution is 2.25. The van der Waals surface area contributed by atoms with Crippen LogP contribution in [0.3, 0.4) is 0 Å². The summed E-state index contributed by atoms with van der Waals surface area (Å²) in [5.74, 6) is 0.402. The number of aromatic nitrogens is 2. The van der Waals surface area contributed by atoms with Gasteiger partial charge in [0.05, 0.1) is 11.4 Å². The van der Waals surface area contributed by atoms with E-state index in [4.69, 9.17) is 9.84 Å². The summed E-state index contributed by atoms with van der Waals surface area (Å²) < 4.78 is 6.71. The molecule has 7 heteroatoms. The molecule has 2 amide bonds. The van der Waals surface area contributed by atoms with Crippen molar-refractivity contribution in [2.24, 2.45) is 0 Å². The summed E-state index contributed by atoms with van der Waals surface area (Å²) in [5, 5.41) is 10.5. The van der Waals surface area contributed by atoms with Gasteiger partial charge in [0.15, 0.2) is 0 Å². The number of amides is 2. The number of benzene rings is 2. The first kappa shape index (κ1) is 23.2. The van der Waals surface area contributed by atoms with Gasteiger partial charge in [-0.25, -0.2) is 4.68 Å². The van der Waals surface area contributed by atoms with Crippen molar-refractivity contribution in [1.82, 2.24) is 15.1 Å². The molecule has 0 aliphatic heterocycles. The van der Waals surface area contributed by atoms with Gasteiger partial charge in [0.1, 0.15) is 5.82 Å². The lowest BCUT2D eigenvalue weighted by Gasteiger charge is -2.09. The maximum atomic E-state index is 12.6. The minimum Gasteiger partial charge on any atom is -0.385 e. The maximum absolute atomic E-state index is 12.6. The Balaban J connectivity index is 1.65. The largest absolute Gasteiger partial charge is 0.385 e. The molecule has 0 spiro atoms. The summed E-state index contributed by atoms with van der Waals surface area (Å²) in [6, 6.07) is 19.7. The summed E-state index contributed by atoms with van der Waals surface area (Å²) >= 11 is 0. The highest BCUT2D eigenvalue weighted by Gasteiger charge is 2.14. The second-order valence-electron chi connectivity index (χ2n) is 7.63. The van der Waals surface area contributed by atoms with Gasteiger partial charge < -0.3 is 15.4 Å². The van der Waals surface area contributed by atoms with E-state index in [1.54, 1.807) is 11.8 Å². The van der Waals surface area contributed by atoms with Crippen LogP contribution in [0.5, 0.6) is 0 Å². The molecule has 0 unspecified atom stereocenters. The summed E-state index contributed by atoms with van der Waals surface area (Å²) in [6.07, 6.45) is 1.82. The van der Waals surface area contributed by atoms with Crippen LogP contribution in [0.15, 0.2) is 60.7 Å². The van der Waals surface area contributed by atoms with Crippen LogP contribution in [0.4, 0.5) is 5.82 Å². The molecule has 0 saturated carbocycles. The van der Waals surface area contributed by atoms with Crippen LogP contribution >= 0.6 is 0 Å². The first-order valence-electron chi connectivity index (χ1n) is 10.8. The Labute approximate surface area is 188 Å². The third-order valence-corrected chi connectivity index (χ3v) is 4.95. The molecule has 7 nitrogen and oxygen atoms in total. The van der Waals surface area contributed by atoms with Gasteiger partial charge in [0.25, 0.3) is 0 Å². The average Bonchev–Trinajstić information content (AvgIpc) is 3.21. The fourth-order valence-corrected chi connectivity index (χ4v) is 3.32. The summed E-state index contributed by atoms with van der Waals surface area (Å²) in [5.41, 5.74) is 3.73. The zero-order valence-corrected chi connectivity index (χ0v) is 18.6. The summed E-state index contributed by atoms with van der Waals surface area (Å²) in [6.45, 7) is 3.21. The molecule has 0 aliphatic rings. The van der Waals surface area contributed by atoms with Crippen LogP contribution in [0.25, 0.3) is 16.9 Å². The van der Waals surface area contributed by atoms with Crippen molar-refractivity contribution in [2.45, 2.75) is 32.6 Å². The van der Waals surface area contributed by atoms with E-state index in [-0.39, 0.29) is 18.2 Å². The molecule has 32 heavy (non-hydrogen) atoms. The lowest BCUT2D eigenvalue weighted by molar-refractivity contribution is -0.121. The average molecular weight is 435 g/mol. The quantitative estimate of drug-likeness (QED) is 0.445. The fourth-order valence-electron chi connectivity index (χ4n) is 3.32. The first-order valence-corrected chi connectivity index (χ1v) is 10.8. The minimum absolute atomic E-state index is 0.0509. The van der Waals surface area contributed by atoms with Crippen molar-refractivity contribution in [3.63, 3.8) is 0 Å². The van der Waals surface area contributed by atoms with Crippen molar-refractivity contribution in [2.75, 3.05) is 25.6 Å². The third-order valence-electron chi connectivity index (χ3n) is 4.95. The number of hydrogen-bond donors (Lipinski definition) is 2. The minimum atomic E-state index is -0.148. The second kappa shape index (κ2) is 11.8. The van der Waals surface area contributed by atoms with Gasteiger partial charge in [0.2, 0.25) is 11.8 Å². The number of rotatable bonds is 11. The molecule has 3 aromatic rings. The van der Waals surface area contributed by atoms with Crippen molar-refractivity contribution >= 4 is 17.6 Å². The van der Waals surface area contributed by atoms with E-state index in [0.29, 0.717) is 31.8 Å². The normalized spacial score (nSPS) is 10.7. The number of carbonyl (C=O) groups is 2. The van der Waals surface area contributed by atoms with E-state index in [1.807, 2.05) is 67.6 Å². The van der Waals surface area contributed by atoms with Crippen LogP contribution in [0.2, 0.25) is 0 Å². The molecule has 0 fully saturated rings. The van der Waals surface area contributed by atoms with Crippen molar-refractivity contribution in [3.05, 3.63) is 66.2 Å². The number of nitrogens with one attached hydrogen (secondary N) is 2. The van der Waals surface area contributed by atoms with E-state index in [9.17, 15) is 9.59 Å². The Bertz CT molecular complexity index is 1030. The Kier molecular flexibility index (Phi) is 8.57. The lowest BCUT2D eigenvalue weighted by atomic mass is 10.1. The van der Waals surface area contributed by atoms with Crippen molar-refractivity contribution in [3.8, 4) is 16.9 Å². The molecule has 1 aromatic heterocycles. The molecule has 0 saturated heterocycles. The Hall–Kier alpha value is -3.45. The number of anilines is 1. The molecular formula is C25H30N4O3. The van der Waals surface area contributed by atoms with E-state index in [1.165, 1.54) is 0 Å². The lowest BCUT2D eigenvalue weighted by Crippen LogP contribution is -2.25. The highest BCUT2D eigenvalue weighted by atomic mass is 16.5. The highest BCUT2D eigenvalue weighted by molar-refractivity contribution is 5.91. The van der Waals surface area contributed by atoms with Gasteiger partial charge in [-0.3, -0.25) is 9.59 Å². The number of methoxy groups -OCH3 is 1. The molecule has 0 atom stereocenters. The van der Waals surface area contributed by atoms with Crippen LogP contribution < -0.4 is 10.6 Å². The zero-order valence-electron chi connectivity index (χ0n) is 18.6. The van der Waals surface area contributed by atoms with E-state index < -0.39 is 0 Å². The zero-order chi connectivity index (χ0) is 22.8. The Morgan fingerprint density at radius 3 is 2.50 bits per heavy atom. The summed E-state index contributed by atoms with van der Waals surface area (Å²) in [7, 11) is 1.63. The number of carbonyl (C=O) groups excluding carboxylic acids is 2. The third kappa shape index (κ3) is 6.78. The molecule has 2 N–H and O–H groups in total. The van der Waals surface area contributed by atoms with Crippen LogP contribution in [-0.2, 0) is 14.3 Å². The predicted molar refractivity (Wildman–Crippen MR) is 126 cm³/mol. The van der Waals surface area contributed by atoms with Gasteiger partial charge in [-0.2, -0.15) is 5.10 Å². The molecule has 0 aliphatic carbocycles. The topological polar surface area (TPSA) is 85.2 Å². The van der Waals surface area contributed by atoms with Gasteiger partial charge >= 0.3 is 0 Å². The molecular weight excluding hydrogens is 404 g/mol. The molecule has 168 valence electrons. The van der Waals surface area contributed by atoms with Crippen molar-refractivity contribution in [1.29, 1.82) is 0 Å². The van der Waals surface area contributed by atoms with Gasteiger partial charge in [-0.05, 0) is 37.5 Å². The van der Waals surface area contributed by atoms with Gasteiger partial charge in [0, 0.05) is 44.7 Å². The molecule has 1 heterocycles. The van der Waals surface area contributed by atoms with E-state index in [0.717, 1.165) is 28.9 Å². The molecule has 0 bridgehead atoms. The number of nitrogens with zero attached hydrogens (tertiary/aromatic N) is 2. The van der Waals surface area contributed by atoms with Gasteiger partial charge in [-0.1, -0.05) is 42.5 Å². The van der Waals surface area contributed by atoms with Crippen LogP contribution in [-0.4, -0.2) is 41.9 Å². The Morgan fingerprint density at radius 1 is 0.969 bits per heavy atom. The van der Waals surface area contributed by atoms with Crippen LogP contribution in [0, 0.1) is 6.92 Å². The second-order valence-corrected chi connectivity index (χ2v) is 7.63. The molecule has 3 rings (SSSR count). The van der Waals surface area contributed by atoms with E-state index in [2.05, 4.69) is 10.6 Å². The first-order chi connectivity index (χ1) is 15.6. The van der Waals surface area contributed by atoms with Gasteiger partial charge in [-0.15, -0.1) is 0 Å². The smallest absolute Gasteiger partial charge is 0.225 e. The number of ether oxygens (including phenoxy) is 1. The maximum Gasteiger partial charge on any atom is 0.225 e. The SMILES string of the molecule is COCCCNC(=O)CCCC(=O)Nc1cc(-c2ccccc2)nn1-c1cccc(C)c1. The molecule has 0 radical (unpaired) electrons. The number of aryl methyl sites for hydroxylation is 1.